The van der Waals surface area contributed by atoms with Gasteiger partial charge in [-0.15, -0.1) is 0 Å². The summed E-state index contributed by atoms with van der Waals surface area (Å²) in [5, 5.41) is 3.34. The van der Waals surface area contributed by atoms with Gasteiger partial charge in [0.05, 0.1) is 16.9 Å². The summed E-state index contributed by atoms with van der Waals surface area (Å²) in [6.45, 7) is 1.16. The topological polar surface area (TPSA) is 105 Å². The van der Waals surface area contributed by atoms with Crippen molar-refractivity contribution < 1.29 is 22.7 Å². The molecule has 2 aliphatic rings. The van der Waals surface area contributed by atoms with Crippen LogP contribution in [0.1, 0.15) is 19.3 Å². The third-order valence-corrected chi connectivity index (χ3v) is 7.28. The number of nitrogens with one attached hydrogen (secondary N) is 2. The van der Waals surface area contributed by atoms with Crippen molar-refractivity contribution in [1.29, 1.82) is 0 Å². The number of benzene rings is 2. The van der Waals surface area contributed by atoms with Gasteiger partial charge in [-0.25, -0.2) is 13.1 Å². The lowest BCUT2D eigenvalue weighted by Crippen LogP contribution is -2.31. The van der Waals surface area contributed by atoms with Crippen molar-refractivity contribution >= 4 is 44.8 Å². The first-order valence-corrected chi connectivity index (χ1v) is 12.3. The number of carbonyl (C=O) groups is 2. The van der Waals surface area contributed by atoms with Crippen molar-refractivity contribution in [3.8, 4) is 0 Å². The van der Waals surface area contributed by atoms with E-state index in [-0.39, 0.29) is 42.3 Å². The molecule has 2 saturated heterocycles. The zero-order valence-electron chi connectivity index (χ0n) is 17.3. The lowest BCUT2D eigenvalue weighted by atomic mass is 10.1. The molecule has 4 rings (SSSR count). The van der Waals surface area contributed by atoms with Crippen LogP contribution in [0.4, 0.5) is 11.4 Å². The van der Waals surface area contributed by atoms with E-state index in [0.717, 1.165) is 12.8 Å². The molecule has 8 nitrogen and oxygen atoms in total. The molecule has 10 heteroatoms. The molecule has 2 aromatic rings. The first-order valence-electron chi connectivity index (χ1n) is 10.4. The molecule has 0 unspecified atom stereocenters. The summed E-state index contributed by atoms with van der Waals surface area (Å²) in [4.78, 5) is 26.7. The van der Waals surface area contributed by atoms with Crippen molar-refractivity contribution in [3.05, 3.63) is 53.6 Å². The monoisotopic (exact) mass is 477 g/mol. The van der Waals surface area contributed by atoms with Crippen molar-refractivity contribution in [2.45, 2.75) is 30.3 Å². The fraction of sp³-hybridized carbons (Fsp3) is 0.364. The fourth-order valence-corrected chi connectivity index (χ4v) is 5.00. The smallest absolute Gasteiger partial charge is 0.240 e. The molecule has 170 valence electrons. The molecule has 0 aromatic heterocycles. The second-order valence-electron chi connectivity index (χ2n) is 7.88. The third kappa shape index (κ3) is 5.29. The van der Waals surface area contributed by atoms with Crippen molar-refractivity contribution in [1.82, 2.24) is 4.72 Å². The van der Waals surface area contributed by atoms with Crippen LogP contribution in [0.15, 0.2) is 53.4 Å². The van der Waals surface area contributed by atoms with E-state index in [9.17, 15) is 18.0 Å². The molecular weight excluding hydrogens is 454 g/mol. The maximum atomic E-state index is 12.7. The summed E-state index contributed by atoms with van der Waals surface area (Å²) in [5.41, 5.74) is 1.16. The van der Waals surface area contributed by atoms with Gasteiger partial charge in [-0.1, -0.05) is 11.6 Å². The van der Waals surface area contributed by atoms with Gasteiger partial charge < -0.3 is 15.0 Å². The number of nitrogens with zero attached hydrogens (tertiary/aromatic N) is 1. The van der Waals surface area contributed by atoms with E-state index in [1.54, 1.807) is 29.2 Å². The SMILES string of the molecule is O=C(Nc1ccc(S(=O)(=O)NC[C@@H]2CCCO2)cc1)[C@H]1CC(=O)N(c2ccc(Cl)cc2)C1. The lowest BCUT2D eigenvalue weighted by Gasteiger charge is -2.17. The Bertz CT molecular complexity index is 1080. The number of anilines is 2. The van der Waals surface area contributed by atoms with Gasteiger partial charge in [0.2, 0.25) is 21.8 Å². The molecule has 0 aliphatic carbocycles. The van der Waals surface area contributed by atoms with E-state index in [4.69, 9.17) is 16.3 Å². The number of hydrogen-bond donors (Lipinski definition) is 2. The van der Waals surface area contributed by atoms with E-state index in [1.165, 1.54) is 24.3 Å². The van der Waals surface area contributed by atoms with Gasteiger partial charge in [0, 0.05) is 42.5 Å². The van der Waals surface area contributed by atoms with Gasteiger partial charge in [-0.3, -0.25) is 9.59 Å². The van der Waals surface area contributed by atoms with Crippen LogP contribution in [0.25, 0.3) is 0 Å². The molecule has 2 aliphatic heterocycles. The number of ether oxygens (including phenoxy) is 1. The molecule has 0 saturated carbocycles. The summed E-state index contributed by atoms with van der Waals surface area (Å²) in [5.74, 6) is -0.928. The Balaban J connectivity index is 1.34. The number of halogens is 1. The average Bonchev–Trinajstić information content (AvgIpc) is 3.43. The van der Waals surface area contributed by atoms with E-state index in [1.807, 2.05) is 0 Å². The number of rotatable bonds is 7. The molecule has 2 atom stereocenters. The highest BCUT2D eigenvalue weighted by atomic mass is 35.5. The summed E-state index contributed by atoms with van der Waals surface area (Å²) < 4.78 is 32.9. The maximum Gasteiger partial charge on any atom is 0.240 e. The summed E-state index contributed by atoms with van der Waals surface area (Å²) in [7, 11) is -3.66. The zero-order chi connectivity index (χ0) is 22.7. The van der Waals surface area contributed by atoms with Crippen LogP contribution in [-0.2, 0) is 24.3 Å². The van der Waals surface area contributed by atoms with Gasteiger partial charge in [-0.05, 0) is 61.4 Å². The van der Waals surface area contributed by atoms with Gasteiger partial charge >= 0.3 is 0 Å². The fourth-order valence-electron chi connectivity index (χ4n) is 3.81. The zero-order valence-corrected chi connectivity index (χ0v) is 18.9. The molecular formula is C22H24ClN3O5S. The Morgan fingerprint density at radius 2 is 1.84 bits per heavy atom. The molecule has 2 amide bonds. The minimum atomic E-state index is -3.66. The summed E-state index contributed by atoms with van der Waals surface area (Å²) >= 11 is 5.90. The molecule has 32 heavy (non-hydrogen) atoms. The first-order chi connectivity index (χ1) is 15.3. The van der Waals surface area contributed by atoms with E-state index in [2.05, 4.69) is 10.0 Å². The Morgan fingerprint density at radius 3 is 2.50 bits per heavy atom. The largest absolute Gasteiger partial charge is 0.377 e. The Labute approximate surface area is 191 Å². The van der Waals surface area contributed by atoms with Gasteiger partial charge in [0.25, 0.3) is 0 Å². The van der Waals surface area contributed by atoms with Crippen LogP contribution in [0.2, 0.25) is 5.02 Å². The Morgan fingerprint density at radius 1 is 1.12 bits per heavy atom. The summed E-state index contributed by atoms with van der Waals surface area (Å²) in [6.07, 6.45) is 1.79. The predicted octanol–water partition coefficient (Wildman–Crippen LogP) is 2.79. The predicted molar refractivity (Wildman–Crippen MR) is 121 cm³/mol. The molecule has 0 bridgehead atoms. The number of amides is 2. The van der Waals surface area contributed by atoms with E-state index < -0.39 is 15.9 Å². The standard InChI is InChI=1S/C22H24ClN3O5S/c23-16-3-7-18(8-4-16)26-14-15(12-21(26)27)22(28)25-17-5-9-20(10-6-17)32(29,30)24-13-19-2-1-11-31-19/h3-10,15,19,24H,1-2,11-14H2,(H,25,28)/t15-,19-/m0/s1. The lowest BCUT2D eigenvalue weighted by molar-refractivity contribution is -0.122. The van der Waals surface area contributed by atoms with Crippen LogP contribution in [0, 0.1) is 5.92 Å². The summed E-state index contributed by atoms with van der Waals surface area (Å²) in [6, 6.07) is 12.8. The first kappa shape index (κ1) is 22.7. The van der Waals surface area contributed by atoms with E-state index >= 15 is 0 Å². The highest BCUT2D eigenvalue weighted by Crippen LogP contribution is 2.27. The minimum absolute atomic E-state index is 0.0927. The van der Waals surface area contributed by atoms with Crippen LogP contribution < -0.4 is 14.9 Å². The van der Waals surface area contributed by atoms with Crippen LogP contribution in [0.5, 0.6) is 0 Å². The van der Waals surface area contributed by atoms with E-state index in [0.29, 0.717) is 23.0 Å². The highest BCUT2D eigenvalue weighted by Gasteiger charge is 2.35. The second kappa shape index (κ2) is 9.58. The van der Waals surface area contributed by atoms with Crippen LogP contribution in [0.3, 0.4) is 0 Å². The van der Waals surface area contributed by atoms with Gasteiger partial charge in [0.1, 0.15) is 0 Å². The molecule has 2 aromatic carbocycles. The molecule has 2 N–H and O–H groups in total. The van der Waals surface area contributed by atoms with Crippen molar-refractivity contribution in [2.75, 3.05) is 29.9 Å². The molecule has 2 heterocycles. The van der Waals surface area contributed by atoms with Crippen LogP contribution in [-0.4, -0.2) is 46.0 Å². The van der Waals surface area contributed by atoms with Crippen LogP contribution >= 0.6 is 11.6 Å². The number of carbonyl (C=O) groups excluding carboxylic acids is 2. The third-order valence-electron chi connectivity index (χ3n) is 5.59. The molecule has 2 fully saturated rings. The minimum Gasteiger partial charge on any atom is -0.377 e. The highest BCUT2D eigenvalue weighted by molar-refractivity contribution is 7.89. The average molecular weight is 478 g/mol. The number of hydrogen-bond acceptors (Lipinski definition) is 5. The number of sulfonamides is 1. The molecule has 0 spiro atoms. The Kier molecular flexibility index (Phi) is 6.80. The quantitative estimate of drug-likeness (QED) is 0.638. The normalized spacial score (nSPS) is 21.2. The molecule has 0 radical (unpaired) electrons. The maximum absolute atomic E-state index is 12.7. The Hall–Kier alpha value is -2.46. The van der Waals surface area contributed by atoms with Gasteiger partial charge in [0.15, 0.2) is 0 Å². The van der Waals surface area contributed by atoms with Crippen molar-refractivity contribution in [2.24, 2.45) is 5.92 Å². The second-order valence-corrected chi connectivity index (χ2v) is 10.1. The van der Waals surface area contributed by atoms with Crippen molar-refractivity contribution in [3.63, 3.8) is 0 Å². The van der Waals surface area contributed by atoms with Gasteiger partial charge in [-0.2, -0.15) is 0 Å².